The van der Waals surface area contributed by atoms with Crippen LogP contribution in [0.25, 0.3) is 0 Å². The minimum atomic E-state index is 0.0998. The summed E-state index contributed by atoms with van der Waals surface area (Å²) in [5.74, 6) is 2.67. The molecule has 1 N–H and O–H groups in total. The fourth-order valence-electron chi connectivity index (χ4n) is 0.617. The second-order valence-electron chi connectivity index (χ2n) is 2.55. The van der Waals surface area contributed by atoms with Crippen molar-refractivity contribution in [3.63, 3.8) is 0 Å². The molecule has 0 aromatic heterocycles. The van der Waals surface area contributed by atoms with Crippen LogP contribution in [0.4, 0.5) is 0 Å². The summed E-state index contributed by atoms with van der Waals surface area (Å²) in [5.41, 5.74) is 0. The maximum absolute atomic E-state index is 11.1. The predicted octanol–water partition coefficient (Wildman–Crippen LogP) is 1.17. The molecule has 2 heteroatoms. The molecule has 1 amide bonds. The van der Waals surface area contributed by atoms with E-state index < -0.39 is 0 Å². The third kappa shape index (κ3) is 4.44. The van der Waals surface area contributed by atoms with Crippen LogP contribution in [0, 0.1) is 18.3 Å². The van der Waals surface area contributed by atoms with Crippen LogP contribution in [0.5, 0.6) is 0 Å². The first-order chi connectivity index (χ1) is 5.22. The van der Waals surface area contributed by atoms with E-state index in [2.05, 4.69) is 11.2 Å². The van der Waals surface area contributed by atoms with Gasteiger partial charge >= 0.3 is 0 Å². The fraction of sp³-hybridized carbons (Fsp3) is 0.667. The molecule has 0 unspecified atom stereocenters. The lowest BCUT2D eigenvalue weighted by Gasteiger charge is -2.07. The monoisotopic (exact) mass is 153 g/mol. The minimum Gasteiger partial charge on any atom is -0.355 e. The van der Waals surface area contributed by atoms with Gasteiger partial charge in [0.05, 0.1) is 0 Å². The van der Waals surface area contributed by atoms with Gasteiger partial charge in [-0.15, -0.1) is 12.3 Å². The van der Waals surface area contributed by atoms with Gasteiger partial charge in [0.25, 0.3) is 0 Å². The van der Waals surface area contributed by atoms with Crippen LogP contribution in [-0.2, 0) is 4.79 Å². The van der Waals surface area contributed by atoms with Gasteiger partial charge in [0, 0.05) is 18.9 Å². The van der Waals surface area contributed by atoms with E-state index in [0.29, 0.717) is 13.0 Å². The van der Waals surface area contributed by atoms with Crippen LogP contribution in [0.1, 0.15) is 26.7 Å². The van der Waals surface area contributed by atoms with Crippen LogP contribution >= 0.6 is 0 Å². The van der Waals surface area contributed by atoms with Gasteiger partial charge in [-0.3, -0.25) is 4.79 Å². The van der Waals surface area contributed by atoms with Crippen LogP contribution in [0.3, 0.4) is 0 Å². The molecule has 0 fully saturated rings. The van der Waals surface area contributed by atoms with Gasteiger partial charge < -0.3 is 5.32 Å². The molecule has 0 aliphatic rings. The molecule has 0 heterocycles. The quantitative estimate of drug-likeness (QED) is 0.477. The molecule has 0 rings (SSSR count). The summed E-state index contributed by atoms with van der Waals surface area (Å²) in [7, 11) is 0. The lowest BCUT2D eigenvalue weighted by Crippen LogP contribution is -2.29. The average molecular weight is 153 g/mol. The van der Waals surface area contributed by atoms with E-state index in [4.69, 9.17) is 6.42 Å². The Bertz CT molecular complexity index is 157. The summed E-state index contributed by atoms with van der Waals surface area (Å²) < 4.78 is 0. The highest BCUT2D eigenvalue weighted by atomic mass is 16.1. The molecule has 0 aliphatic heterocycles. The Labute approximate surface area is 68.4 Å². The van der Waals surface area contributed by atoms with Crippen molar-refractivity contribution in [3.05, 3.63) is 0 Å². The summed E-state index contributed by atoms with van der Waals surface area (Å²) >= 11 is 0. The van der Waals surface area contributed by atoms with Crippen molar-refractivity contribution in [1.82, 2.24) is 5.32 Å². The van der Waals surface area contributed by atoms with Crippen molar-refractivity contribution in [1.29, 1.82) is 0 Å². The normalized spacial score (nSPS) is 11.7. The number of nitrogens with one attached hydrogen (secondary N) is 1. The van der Waals surface area contributed by atoms with Crippen molar-refractivity contribution in [2.24, 2.45) is 5.92 Å². The fourth-order valence-corrected chi connectivity index (χ4v) is 0.617. The van der Waals surface area contributed by atoms with Crippen molar-refractivity contribution in [2.45, 2.75) is 26.7 Å². The van der Waals surface area contributed by atoms with Crippen molar-refractivity contribution in [2.75, 3.05) is 6.54 Å². The molecule has 0 spiro atoms. The number of terminal acetylenes is 1. The van der Waals surface area contributed by atoms with E-state index >= 15 is 0 Å². The van der Waals surface area contributed by atoms with E-state index in [9.17, 15) is 4.79 Å². The third-order valence-corrected chi connectivity index (χ3v) is 1.63. The van der Waals surface area contributed by atoms with Crippen molar-refractivity contribution in [3.8, 4) is 12.3 Å². The number of carbonyl (C=O) groups is 1. The number of carbonyl (C=O) groups excluding carboxylic acids is 1. The first-order valence-electron chi connectivity index (χ1n) is 3.93. The molecule has 0 saturated heterocycles. The van der Waals surface area contributed by atoms with Gasteiger partial charge in [0.15, 0.2) is 0 Å². The highest BCUT2D eigenvalue weighted by Crippen LogP contribution is 1.98. The van der Waals surface area contributed by atoms with E-state index in [-0.39, 0.29) is 11.8 Å². The zero-order chi connectivity index (χ0) is 8.69. The lowest BCUT2D eigenvalue weighted by molar-refractivity contribution is -0.124. The van der Waals surface area contributed by atoms with E-state index in [1.165, 1.54) is 0 Å². The predicted molar refractivity (Wildman–Crippen MR) is 45.9 cm³/mol. The maximum Gasteiger partial charge on any atom is 0.222 e. The molecular formula is C9H15NO. The standard InChI is InChI=1S/C9H15NO/c1-4-6-7-10-9(11)8(3)5-2/h1,8H,5-7H2,2-3H3,(H,10,11)/t8-/m0/s1. The van der Waals surface area contributed by atoms with Crippen LogP contribution in [0.2, 0.25) is 0 Å². The Hall–Kier alpha value is -0.970. The summed E-state index contributed by atoms with van der Waals surface area (Å²) in [6.07, 6.45) is 6.51. The largest absolute Gasteiger partial charge is 0.355 e. The van der Waals surface area contributed by atoms with Gasteiger partial charge in [-0.2, -0.15) is 0 Å². The van der Waals surface area contributed by atoms with Gasteiger partial charge in [-0.05, 0) is 6.42 Å². The van der Waals surface area contributed by atoms with Gasteiger partial charge in [0.2, 0.25) is 5.91 Å². The highest BCUT2D eigenvalue weighted by molar-refractivity contribution is 5.78. The first kappa shape index (κ1) is 10.0. The van der Waals surface area contributed by atoms with Gasteiger partial charge in [-0.25, -0.2) is 0 Å². The molecule has 0 saturated carbocycles. The summed E-state index contributed by atoms with van der Waals surface area (Å²) in [6, 6.07) is 0. The Morgan fingerprint density at radius 3 is 2.82 bits per heavy atom. The number of hydrogen-bond acceptors (Lipinski definition) is 1. The Morgan fingerprint density at radius 1 is 1.73 bits per heavy atom. The van der Waals surface area contributed by atoms with E-state index in [1.807, 2.05) is 13.8 Å². The SMILES string of the molecule is C#CCCNC(=O)[C@@H](C)CC. The van der Waals surface area contributed by atoms with Gasteiger partial charge in [-0.1, -0.05) is 13.8 Å². The molecule has 0 aliphatic carbocycles. The van der Waals surface area contributed by atoms with E-state index in [0.717, 1.165) is 6.42 Å². The molecule has 0 bridgehead atoms. The topological polar surface area (TPSA) is 29.1 Å². The molecule has 1 atom stereocenters. The molecule has 0 radical (unpaired) electrons. The zero-order valence-corrected chi connectivity index (χ0v) is 7.18. The number of amides is 1. The smallest absolute Gasteiger partial charge is 0.222 e. The molecule has 0 aromatic rings. The highest BCUT2D eigenvalue weighted by Gasteiger charge is 2.07. The molecule has 62 valence electrons. The van der Waals surface area contributed by atoms with Crippen LogP contribution in [0.15, 0.2) is 0 Å². The van der Waals surface area contributed by atoms with Crippen LogP contribution < -0.4 is 5.32 Å². The van der Waals surface area contributed by atoms with Crippen molar-refractivity contribution >= 4 is 5.91 Å². The molecule has 0 aromatic carbocycles. The molecule has 11 heavy (non-hydrogen) atoms. The second-order valence-corrected chi connectivity index (χ2v) is 2.55. The third-order valence-electron chi connectivity index (χ3n) is 1.63. The summed E-state index contributed by atoms with van der Waals surface area (Å²) in [6.45, 7) is 4.50. The zero-order valence-electron chi connectivity index (χ0n) is 7.18. The molecular weight excluding hydrogens is 138 g/mol. The van der Waals surface area contributed by atoms with Gasteiger partial charge in [0.1, 0.15) is 0 Å². The van der Waals surface area contributed by atoms with E-state index in [1.54, 1.807) is 0 Å². The summed E-state index contributed by atoms with van der Waals surface area (Å²) in [4.78, 5) is 11.1. The Balaban J connectivity index is 3.46. The number of rotatable bonds is 4. The van der Waals surface area contributed by atoms with Crippen molar-refractivity contribution < 1.29 is 4.79 Å². The minimum absolute atomic E-state index is 0.0998. The second kappa shape index (κ2) is 5.79. The first-order valence-corrected chi connectivity index (χ1v) is 3.93. The number of hydrogen-bond donors (Lipinski definition) is 1. The Kier molecular flexibility index (Phi) is 5.28. The summed E-state index contributed by atoms with van der Waals surface area (Å²) in [5, 5.41) is 2.75. The lowest BCUT2D eigenvalue weighted by atomic mass is 10.1. The maximum atomic E-state index is 11.1. The molecule has 2 nitrogen and oxygen atoms in total. The average Bonchev–Trinajstić information content (AvgIpc) is 2.03. The van der Waals surface area contributed by atoms with Crippen LogP contribution in [-0.4, -0.2) is 12.5 Å². The Morgan fingerprint density at radius 2 is 2.36 bits per heavy atom.